The molecule has 0 fully saturated rings. The molecule has 1 aliphatic heterocycles. The van der Waals surface area contributed by atoms with E-state index in [0.29, 0.717) is 33.0 Å². The van der Waals surface area contributed by atoms with E-state index in [1.165, 1.54) is 25.5 Å². The average molecular weight is 560 g/mol. The molecule has 0 aromatic heterocycles. The van der Waals surface area contributed by atoms with Crippen molar-refractivity contribution in [2.75, 3.05) is 24.8 Å². The Labute approximate surface area is 211 Å². The molecule has 1 N–H and O–H groups in total. The summed E-state index contributed by atoms with van der Waals surface area (Å²) < 4.78 is 44.3. The summed E-state index contributed by atoms with van der Waals surface area (Å²) in [5, 5.41) is 3.95. The minimum absolute atomic E-state index is 0.00223. The maximum atomic E-state index is 13.5. The molecule has 0 bridgehead atoms. The summed E-state index contributed by atoms with van der Waals surface area (Å²) in [6.07, 6.45) is 1.44. The number of fused-ring (bicyclic) bond motifs is 1. The van der Waals surface area contributed by atoms with Gasteiger partial charge in [-0.05, 0) is 76.9 Å². The van der Waals surface area contributed by atoms with Crippen LogP contribution in [0.2, 0.25) is 0 Å². The zero-order valence-electron chi connectivity index (χ0n) is 18.9. The molecular weight excluding hydrogens is 538 g/mol. The molecule has 4 rings (SSSR count). The quantitative estimate of drug-likeness (QED) is 0.332. The van der Waals surface area contributed by atoms with Crippen LogP contribution in [0.15, 0.2) is 75.1 Å². The molecule has 1 aliphatic rings. The third kappa shape index (κ3) is 5.57. The first-order valence-electron chi connectivity index (χ1n) is 10.4. The lowest BCUT2D eigenvalue weighted by Gasteiger charge is -2.24. The van der Waals surface area contributed by atoms with Crippen LogP contribution in [0.4, 0.5) is 5.69 Å². The minimum Gasteiger partial charge on any atom is -0.496 e. The van der Waals surface area contributed by atoms with Crippen molar-refractivity contribution in [3.8, 4) is 17.2 Å². The molecule has 182 valence electrons. The fraction of sp³-hybridized carbons (Fsp3) is 0.167. The monoisotopic (exact) mass is 559 g/mol. The van der Waals surface area contributed by atoms with Gasteiger partial charge in [0.05, 0.1) is 28.4 Å². The van der Waals surface area contributed by atoms with Crippen LogP contribution < -0.4 is 23.9 Å². The molecule has 0 saturated heterocycles. The molecule has 9 nitrogen and oxygen atoms in total. The predicted octanol–water partition coefficient (Wildman–Crippen LogP) is 3.84. The van der Waals surface area contributed by atoms with Gasteiger partial charge in [0.2, 0.25) is 6.79 Å². The van der Waals surface area contributed by atoms with E-state index in [2.05, 4.69) is 26.5 Å². The maximum Gasteiger partial charge on any atom is 0.264 e. The molecule has 0 radical (unpaired) electrons. The number of nitrogens with one attached hydrogen (secondary N) is 1. The summed E-state index contributed by atoms with van der Waals surface area (Å²) in [5.41, 5.74) is 4.37. The first-order chi connectivity index (χ1) is 16.8. The van der Waals surface area contributed by atoms with Gasteiger partial charge in [-0.2, -0.15) is 5.10 Å². The van der Waals surface area contributed by atoms with Crippen molar-refractivity contribution in [1.82, 2.24) is 5.43 Å². The second-order valence-electron chi connectivity index (χ2n) is 7.55. The van der Waals surface area contributed by atoms with E-state index in [-0.39, 0.29) is 11.7 Å². The molecule has 0 aliphatic carbocycles. The molecule has 3 aromatic carbocycles. The Morgan fingerprint density at radius 2 is 1.86 bits per heavy atom. The third-order valence-electron chi connectivity index (χ3n) is 5.12. The van der Waals surface area contributed by atoms with E-state index in [4.69, 9.17) is 14.2 Å². The number of carbonyl (C=O) groups is 1. The van der Waals surface area contributed by atoms with Gasteiger partial charge in [-0.3, -0.25) is 9.10 Å². The number of nitrogens with zero attached hydrogens (tertiary/aromatic N) is 2. The number of amides is 1. The summed E-state index contributed by atoms with van der Waals surface area (Å²) >= 11 is 3.32. The van der Waals surface area contributed by atoms with E-state index in [1.54, 1.807) is 48.5 Å². The number of rotatable bonds is 8. The number of sulfonamides is 1. The standard InChI is InChI=1S/C24H22BrN3O6S/c1-16-3-6-18(7-4-16)28(35(30,31)19-8-10-21(32-2)20(25)12-19)14-24(29)27-26-13-17-5-9-22-23(11-17)34-15-33-22/h3-13H,14-15H2,1-2H3,(H,27,29)/b26-13-. The van der Waals surface area contributed by atoms with Gasteiger partial charge in [0, 0.05) is 0 Å². The number of hydrogen-bond acceptors (Lipinski definition) is 7. The summed E-state index contributed by atoms with van der Waals surface area (Å²) in [4.78, 5) is 12.7. The van der Waals surface area contributed by atoms with Gasteiger partial charge in [0.1, 0.15) is 12.3 Å². The number of methoxy groups -OCH3 is 1. The minimum atomic E-state index is -4.09. The van der Waals surface area contributed by atoms with Crippen molar-refractivity contribution in [3.63, 3.8) is 0 Å². The fourth-order valence-corrected chi connectivity index (χ4v) is 5.44. The van der Waals surface area contributed by atoms with E-state index >= 15 is 0 Å². The van der Waals surface area contributed by atoms with Gasteiger partial charge in [-0.15, -0.1) is 0 Å². The first-order valence-corrected chi connectivity index (χ1v) is 12.7. The molecule has 0 atom stereocenters. The lowest BCUT2D eigenvalue weighted by molar-refractivity contribution is -0.119. The SMILES string of the molecule is COc1ccc(S(=O)(=O)N(CC(=O)N/N=C\c2ccc3c(c2)OCO3)c2ccc(C)cc2)cc1Br. The van der Waals surface area contributed by atoms with Crippen LogP contribution >= 0.6 is 15.9 Å². The number of benzene rings is 3. The van der Waals surface area contributed by atoms with Crippen LogP contribution in [-0.2, 0) is 14.8 Å². The van der Waals surface area contributed by atoms with E-state index in [0.717, 1.165) is 9.87 Å². The third-order valence-corrected chi connectivity index (χ3v) is 7.51. The highest BCUT2D eigenvalue weighted by molar-refractivity contribution is 9.10. The normalized spacial score (nSPS) is 12.5. The molecule has 0 unspecified atom stereocenters. The lowest BCUT2D eigenvalue weighted by Crippen LogP contribution is -2.39. The van der Waals surface area contributed by atoms with Crippen molar-refractivity contribution in [3.05, 3.63) is 76.3 Å². The van der Waals surface area contributed by atoms with Gasteiger partial charge in [-0.1, -0.05) is 17.7 Å². The predicted molar refractivity (Wildman–Crippen MR) is 135 cm³/mol. The largest absolute Gasteiger partial charge is 0.496 e. The Morgan fingerprint density at radius 1 is 1.11 bits per heavy atom. The highest BCUT2D eigenvalue weighted by Gasteiger charge is 2.28. The Hall–Kier alpha value is -3.57. The zero-order valence-corrected chi connectivity index (χ0v) is 21.3. The number of hydrazone groups is 1. The van der Waals surface area contributed by atoms with Gasteiger partial charge < -0.3 is 14.2 Å². The van der Waals surface area contributed by atoms with Crippen molar-refractivity contribution in [2.24, 2.45) is 5.10 Å². The fourth-order valence-electron chi connectivity index (χ4n) is 3.30. The van der Waals surface area contributed by atoms with Crippen LogP contribution in [0.25, 0.3) is 0 Å². The van der Waals surface area contributed by atoms with Gasteiger partial charge in [0.15, 0.2) is 11.5 Å². The summed E-state index contributed by atoms with van der Waals surface area (Å²) in [6, 6.07) is 16.5. The van der Waals surface area contributed by atoms with Crippen molar-refractivity contribution >= 4 is 43.8 Å². The van der Waals surface area contributed by atoms with Crippen molar-refractivity contribution < 1.29 is 27.4 Å². The number of carbonyl (C=O) groups excluding carboxylic acids is 1. The van der Waals surface area contributed by atoms with Gasteiger partial charge in [-0.25, -0.2) is 13.8 Å². The van der Waals surface area contributed by atoms with E-state index in [9.17, 15) is 13.2 Å². The number of anilines is 1. The number of halogens is 1. The molecule has 0 spiro atoms. The molecule has 1 amide bonds. The first kappa shape index (κ1) is 24.6. The van der Waals surface area contributed by atoms with Crippen LogP contribution in [0.3, 0.4) is 0 Å². The van der Waals surface area contributed by atoms with Crippen molar-refractivity contribution in [2.45, 2.75) is 11.8 Å². The molecule has 35 heavy (non-hydrogen) atoms. The highest BCUT2D eigenvalue weighted by Crippen LogP contribution is 2.32. The summed E-state index contributed by atoms with van der Waals surface area (Å²) in [6.45, 7) is 1.56. The Morgan fingerprint density at radius 3 is 2.57 bits per heavy atom. The Bertz CT molecular complexity index is 1380. The molecule has 11 heteroatoms. The molecular formula is C24H22BrN3O6S. The molecule has 0 saturated carbocycles. The topological polar surface area (TPSA) is 107 Å². The van der Waals surface area contributed by atoms with Crippen molar-refractivity contribution in [1.29, 1.82) is 0 Å². The smallest absolute Gasteiger partial charge is 0.264 e. The average Bonchev–Trinajstić information content (AvgIpc) is 3.31. The summed E-state index contributed by atoms with van der Waals surface area (Å²) in [5.74, 6) is 1.10. The zero-order chi connectivity index (χ0) is 25.0. The Balaban J connectivity index is 1.55. The molecule has 3 aromatic rings. The summed E-state index contributed by atoms with van der Waals surface area (Å²) in [7, 11) is -2.60. The van der Waals surface area contributed by atoms with Gasteiger partial charge >= 0.3 is 0 Å². The number of aryl methyl sites for hydroxylation is 1. The van der Waals surface area contributed by atoms with Crippen LogP contribution in [0.1, 0.15) is 11.1 Å². The Kier molecular flexibility index (Phi) is 7.27. The number of ether oxygens (including phenoxy) is 3. The van der Waals surface area contributed by atoms with Crippen LogP contribution in [0.5, 0.6) is 17.2 Å². The second kappa shape index (κ2) is 10.4. The second-order valence-corrected chi connectivity index (χ2v) is 10.3. The lowest BCUT2D eigenvalue weighted by atomic mass is 10.2. The van der Waals surface area contributed by atoms with Crippen LogP contribution in [0, 0.1) is 6.92 Å². The van der Waals surface area contributed by atoms with E-state index in [1.807, 2.05) is 6.92 Å². The highest BCUT2D eigenvalue weighted by atomic mass is 79.9. The molecule has 1 heterocycles. The maximum absolute atomic E-state index is 13.5. The van der Waals surface area contributed by atoms with E-state index < -0.39 is 22.5 Å². The van der Waals surface area contributed by atoms with Crippen LogP contribution in [-0.4, -0.2) is 41.0 Å². The van der Waals surface area contributed by atoms with Gasteiger partial charge in [0.25, 0.3) is 15.9 Å². The number of hydrogen-bond donors (Lipinski definition) is 1.